The lowest BCUT2D eigenvalue weighted by Gasteiger charge is -2.19. The third-order valence-corrected chi connectivity index (χ3v) is 4.78. The van der Waals surface area contributed by atoms with Crippen molar-refractivity contribution in [3.63, 3.8) is 0 Å². The highest BCUT2D eigenvalue weighted by molar-refractivity contribution is 5.95. The zero-order valence-corrected chi connectivity index (χ0v) is 15.2. The number of methoxy groups -OCH3 is 3. The lowest BCUT2D eigenvalue weighted by molar-refractivity contribution is 0.0790. The molecule has 0 aromatic heterocycles. The van der Waals surface area contributed by atoms with Gasteiger partial charge in [0.25, 0.3) is 5.91 Å². The molecule has 6 heteroatoms. The molecule has 0 spiro atoms. The number of amides is 1. The van der Waals surface area contributed by atoms with E-state index in [0.29, 0.717) is 24.4 Å². The maximum Gasteiger partial charge on any atom is 0.254 e. The van der Waals surface area contributed by atoms with E-state index in [-0.39, 0.29) is 17.6 Å². The number of hydrogen-bond donors (Lipinski definition) is 1. The fourth-order valence-electron chi connectivity index (χ4n) is 3.36. The van der Waals surface area contributed by atoms with Crippen LogP contribution in [0.4, 0.5) is 0 Å². The van der Waals surface area contributed by atoms with Crippen LogP contribution in [0, 0.1) is 0 Å². The predicted molar refractivity (Wildman–Crippen MR) is 97.5 cm³/mol. The van der Waals surface area contributed by atoms with Crippen LogP contribution in [0.1, 0.15) is 28.3 Å². The molecule has 0 saturated carbocycles. The van der Waals surface area contributed by atoms with Crippen molar-refractivity contribution in [2.75, 3.05) is 34.4 Å². The maximum absolute atomic E-state index is 12.8. The van der Waals surface area contributed by atoms with Gasteiger partial charge in [0, 0.05) is 30.1 Å². The Balaban J connectivity index is 1.78. The summed E-state index contributed by atoms with van der Waals surface area (Å²) in [5, 5.41) is 9.91. The second-order valence-electron chi connectivity index (χ2n) is 6.23. The first-order valence-corrected chi connectivity index (χ1v) is 8.45. The number of likely N-dealkylation sites (tertiary alicyclic amines) is 1. The van der Waals surface area contributed by atoms with E-state index in [0.717, 1.165) is 23.5 Å². The summed E-state index contributed by atoms with van der Waals surface area (Å²) in [4.78, 5) is 14.6. The lowest BCUT2D eigenvalue weighted by Crippen LogP contribution is -2.28. The molecule has 1 aliphatic heterocycles. The summed E-state index contributed by atoms with van der Waals surface area (Å²) in [6.45, 7) is 1.24. The smallest absolute Gasteiger partial charge is 0.254 e. The van der Waals surface area contributed by atoms with Crippen molar-refractivity contribution in [3.8, 4) is 23.0 Å². The van der Waals surface area contributed by atoms with Crippen molar-refractivity contribution in [3.05, 3.63) is 47.5 Å². The van der Waals surface area contributed by atoms with E-state index in [9.17, 15) is 9.90 Å². The molecule has 138 valence electrons. The molecule has 1 N–H and O–H groups in total. The number of ether oxygens (including phenoxy) is 3. The molecule has 2 aromatic carbocycles. The first-order chi connectivity index (χ1) is 12.6. The Labute approximate surface area is 152 Å². The van der Waals surface area contributed by atoms with Crippen molar-refractivity contribution >= 4 is 5.91 Å². The molecular formula is C20H23NO5. The molecule has 26 heavy (non-hydrogen) atoms. The molecule has 2 aromatic rings. The SMILES string of the molecule is COc1ccc(OC)c([C@@H]2CCN(C(=O)c3ccc(OC)c(O)c3)C2)c1. The van der Waals surface area contributed by atoms with E-state index in [4.69, 9.17) is 14.2 Å². The zero-order chi connectivity index (χ0) is 18.7. The van der Waals surface area contributed by atoms with Crippen LogP contribution in [0.25, 0.3) is 0 Å². The number of benzene rings is 2. The van der Waals surface area contributed by atoms with Crippen LogP contribution in [0.3, 0.4) is 0 Å². The Morgan fingerprint density at radius 1 is 1.04 bits per heavy atom. The summed E-state index contributed by atoms with van der Waals surface area (Å²) in [5.74, 6) is 1.95. The predicted octanol–water partition coefficient (Wildman–Crippen LogP) is 3.05. The third kappa shape index (κ3) is 3.40. The third-order valence-electron chi connectivity index (χ3n) is 4.78. The fourth-order valence-corrected chi connectivity index (χ4v) is 3.36. The van der Waals surface area contributed by atoms with Crippen molar-refractivity contribution in [1.29, 1.82) is 0 Å². The van der Waals surface area contributed by atoms with Gasteiger partial charge in [-0.05, 0) is 42.8 Å². The molecule has 0 radical (unpaired) electrons. The second-order valence-corrected chi connectivity index (χ2v) is 6.23. The lowest BCUT2D eigenvalue weighted by atomic mass is 9.97. The standard InChI is InChI=1S/C20H23NO5/c1-24-15-5-7-18(25-2)16(11-15)14-8-9-21(12-14)20(23)13-4-6-19(26-3)17(22)10-13/h4-7,10-11,14,22H,8-9,12H2,1-3H3/t14-/m1/s1. The molecule has 6 nitrogen and oxygen atoms in total. The van der Waals surface area contributed by atoms with Crippen LogP contribution in [0.2, 0.25) is 0 Å². The monoisotopic (exact) mass is 357 g/mol. The van der Waals surface area contributed by atoms with Crippen molar-refractivity contribution in [2.24, 2.45) is 0 Å². The van der Waals surface area contributed by atoms with Crippen LogP contribution < -0.4 is 14.2 Å². The highest BCUT2D eigenvalue weighted by Gasteiger charge is 2.30. The summed E-state index contributed by atoms with van der Waals surface area (Å²) < 4.78 is 15.8. The normalized spacial score (nSPS) is 16.4. The Kier molecular flexibility index (Phi) is 5.21. The Morgan fingerprint density at radius 2 is 1.77 bits per heavy atom. The van der Waals surface area contributed by atoms with E-state index in [1.54, 1.807) is 31.3 Å². The molecule has 1 saturated heterocycles. The first kappa shape index (κ1) is 17.9. The number of phenolic OH excluding ortho intramolecular Hbond substituents is 1. The molecule has 1 heterocycles. The number of hydrogen-bond acceptors (Lipinski definition) is 5. The largest absolute Gasteiger partial charge is 0.504 e. The van der Waals surface area contributed by atoms with E-state index >= 15 is 0 Å². The van der Waals surface area contributed by atoms with Crippen LogP contribution in [-0.2, 0) is 0 Å². The topological polar surface area (TPSA) is 68.2 Å². The fraction of sp³-hybridized carbons (Fsp3) is 0.350. The summed E-state index contributed by atoms with van der Waals surface area (Å²) in [6.07, 6.45) is 0.845. The molecule has 1 fully saturated rings. The molecule has 1 amide bonds. The van der Waals surface area contributed by atoms with Gasteiger partial charge >= 0.3 is 0 Å². The van der Waals surface area contributed by atoms with E-state index in [1.807, 2.05) is 18.2 Å². The molecule has 1 atom stereocenters. The van der Waals surface area contributed by atoms with Gasteiger partial charge in [0.15, 0.2) is 11.5 Å². The molecule has 0 bridgehead atoms. The highest BCUT2D eigenvalue weighted by Crippen LogP contribution is 2.36. The Morgan fingerprint density at radius 3 is 2.42 bits per heavy atom. The van der Waals surface area contributed by atoms with E-state index in [1.165, 1.54) is 13.2 Å². The number of carbonyl (C=O) groups excluding carboxylic acids is 1. The quantitative estimate of drug-likeness (QED) is 0.891. The van der Waals surface area contributed by atoms with Crippen molar-refractivity contribution < 1.29 is 24.1 Å². The minimum Gasteiger partial charge on any atom is -0.504 e. The van der Waals surface area contributed by atoms with Gasteiger partial charge in [0.05, 0.1) is 21.3 Å². The molecular weight excluding hydrogens is 334 g/mol. The molecule has 0 aliphatic carbocycles. The van der Waals surface area contributed by atoms with Gasteiger partial charge in [0.1, 0.15) is 11.5 Å². The van der Waals surface area contributed by atoms with E-state index in [2.05, 4.69) is 0 Å². The number of phenols is 1. The van der Waals surface area contributed by atoms with Gasteiger partial charge in [-0.1, -0.05) is 0 Å². The van der Waals surface area contributed by atoms with Crippen LogP contribution in [-0.4, -0.2) is 50.3 Å². The van der Waals surface area contributed by atoms with Gasteiger partial charge < -0.3 is 24.2 Å². The van der Waals surface area contributed by atoms with Gasteiger partial charge in [-0.2, -0.15) is 0 Å². The number of aromatic hydroxyl groups is 1. The first-order valence-electron chi connectivity index (χ1n) is 8.45. The van der Waals surface area contributed by atoms with Crippen molar-refractivity contribution in [1.82, 2.24) is 4.90 Å². The molecule has 1 aliphatic rings. The maximum atomic E-state index is 12.8. The number of carbonyl (C=O) groups is 1. The summed E-state index contributed by atoms with van der Waals surface area (Å²) in [6, 6.07) is 10.4. The zero-order valence-electron chi connectivity index (χ0n) is 15.2. The average molecular weight is 357 g/mol. The second kappa shape index (κ2) is 7.56. The summed E-state index contributed by atoms with van der Waals surface area (Å²) in [7, 11) is 4.75. The van der Waals surface area contributed by atoms with Gasteiger partial charge in [0.2, 0.25) is 0 Å². The van der Waals surface area contributed by atoms with E-state index < -0.39 is 0 Å². The van der Waals surface area contributed by atoms with Gasteiger partial charge in [-0.3, -0.25) is 4.79 Å². The van der Waals surface area contributed by atoms with Crippen LogP contribution >= 0.6 is 0 Å². The Bertz CT molecular complexity index is 805. The summed E-state index contributed by atoms with van der Waals surface area (Å²) in [5.41, 5.74) is 1.49. The average Bonchev–Trinajstić information content (AvgIpc) is 3.16. The summed E-state index contributed by atoms with van der Waals surface area (Å²) >= 11 is 0. The minimum absolute atomic E-state index is 0.0384. The molecule has 3 rings (SSSR count). The van der Waals surface area contributed by atoms with Crippen molar-refractivity contribution in [2.45, 2.75) is 12.3 Å². The van der Waals surface area contributed by atoms with Gasteiger partial charge in [-0.25, -0.2) is 0 Å². The Hall–Kier alpha value is -2.89. The van der Waals surface area contributed by atoms with Crippen LogP contribution in [0.15, 0.2) is 36.4 Å². The number of nitrogens with zero attached hydrogens (tertiary/aromatic N) is 1. The van der Waals surface area contributed by atoms with Gasteiger partial charge in [-0.15, -0.1) is 0 Å². The minimum atomic E-state index is -0.104. The number of rotatable bonds is 5. The highest BCUT2D eigenvalue weighted by atomic mass is 16.5. The van der Waals surface area contributed by atoms with Crippen LogP contribution in [0.5, 0.6) is 23.0 Å². The molecule has 0 unspecified atom stereocenters.